The Kier molecular flexibility index (Phi) is 11.1. The summed E-state index contributed by atoms with van der Waals surface area (Å²) in [6, 6.07) is 66.1. The second kappa shape index (κ2) is 17.4. The normalized spacial score (nSPS) is 11.3. The summed E-state index contributed by atoms with van der Waals surface area (Å²) in [6.07, 6.45) is 0. The molecule has 9 aromatic rings. The first kappa shape index (κ1) is 39.6. The Bertz CT molecular complexity index is 2800. The number of para-hydroxylation sites is 4. The smallest absolute Gasteiger partial charge is 0.124 e. The molecule has 62 heavy (non-hydrogen) atoms. The van der Waals surface area contributed by atoms with Crippen molar-refractivity contribution in [1.82, 2.24) is 20.0 Å². The van der Waals surface area contributed by atoms with Crippen LogP contribution in [-0.2, 0) is 0 Å². The molecule has 9 nitrogen and oxygen atoms in total. The van der Waals surface area contributed by atoms with E-state index < -0.39 is 0 Å². The van der Waals surface area contributed by atoms with Crippen molar-refractivity contribution in [3.63, 3.8) is 0 Å². The van der Waals surface area contributed by atoms with Crippen LogP contribution in [0.25, 0.3) is 44.4 Å². The SMILES string of the molecule is CC(C)CN(C)[N-]c1c(N)c(-c2ccc(N(c3ccccc3)c3ccccc3)cc2)c2nn(-c3ccc(N)cc3)nc2c1-c1ccc(N(c2ccccc2)c2ccccc2)cc1. The number of hydrogen-bond acceptors (Lipinski definition) is 7. The van der Waals surface area contributed by atoms with Crippen molar-refractivity contribution in [2.75, 3.05) is 34.9 Å². The summed E-state index contributed by atoms with van der Waals surface area (Å²) in [4.78, 5) is 6.15. The van der Waals surface area contributed by atoms with E-state index in [0.29, 0.717) is 34.0 Å². The van der Waals surface area contributed by atoms with Crippen molar-refractivity contribution in [2.24, 2.45) is 5.92 Å². The second-order valence-corrected chi connectivity index (χ2v) is 15.7. The number of nitrogens with two attached hydrogens (primary N) is 2. The summed E-state index contributed by atoms with van der Waals surface area (Å²) in [5, 5.41) is 12.4. The third-order valence-corrected chi connectivity index (χ3v) is 10.8. The largest absolute Gasteiger partial charge is 0.618 e. The Morgan fingerprint density at radius 3 is 1.26 bits per heavy atom. The van der Waals surface area contributed by atoms with Crippen molar-refractivity contribution in [1.29, 1.82) is 0 Å². The summed E-state index contributed by atoms with van der Waals surface area (Å²) in [6.45, 7) is 5.10. The molecule has 4 N–H and O–H groups in total. The van der Waals surface area contributed by atoms with Crippen LogP contribution in [0.3, 0.4) is 0 Å². The fourth-order valence-corrected chi connectivity index (χ4v) is 8.03. The number of rotatable bonds is 13. The Labute approximate surface area is 363 Å². The zero-order valence-electron chi connectivity index (χ0n) is 35.0. The molecule has 9 heteroatoms. The zero-order chi connectivity index (χ0) is 42.6. The minimum Gasteiger partial charge on any atom is -0.618 e. The first-order chi connectivity index (χ1) is 30.3. The highest BCUT2D eigenvalue weighted by atomic mass is 15.5. The molecule has 1 heterocycles. The van der Waals surface area contributed by atoms with Crippen LogP contribution in [0.5, 0.6) is 0 Å². The lowest BCUT2D eigenvalue weighted by molar-refractivity contribution is 0.374. The van der Waals surface area contributed by atoms with E-state index in [0.717, 1.165) is 68.6 Å². The second-order valence-electron chi connectivity index (χ2n) is 15.7. The lowest BCUT2D eigenvalue weighted by Gasteiger charge is -2.39. The molecule has 0 unspecified atom stereocenters. The molecule has 0 radical (unpaired) electrons. The number of nitrogen functional groups attached to an aromatic ring is 2. The van der Waals surface area contributed by atoms with E-state index in [4.69, 9.17) is 27.1 Å². The topological polar surface area (TPSA) is 107 Å². The van der Waals surface area contributed by atoms with Crippen LogP contribution in [0.4, 0.5) is 51.2 Å². The molecule has 0 fully saturated rings. The molecular formula is C53H48N9-. The zero-order valence-corrected chi connectivity index (χ0v) is 35.0. The highest BCUT2D eigenvalue weighted by Gasteiger charge is 2.23. The van der Waals surface area contributed by atoms with Gasteiger partial charge < -0.3 is 31.7 Å². The fraction of sp³-hybridized carbons (Fsp3) is 0.0943. The van der Waals surface area contributed by atoms with Crippen molar-refractivity contribution in [3.05, 3.63) is 200 Å². The standard InChI is InChI=1S/C53H48N9/c1-37(2)36-59(3)56-51-49(39-26-32-46(33-27-39)61(43-20-12-6-13-21-43)44-22-14-7-15-23-44)53-52(57-62(58-53)47-34-28-40(54)29-35-47)48(50(51)55)38-24-30-45(31-25-38)60(41-16-8-4-9-17-41)42-18-10-5-11-19-42/h4-35,37H,36,54-55H2,1-3H3/q-1. The van der Waals surface area contributed by atoms with E-state index in [1.54, 1.807) is 4.80 Å². The molecule has 0 atom stereocenters. The van der Waals surface area contributed by atoms with Gasteiger partial charge in [0.1, 0.15) is 11.0 Å². The molecule has 0 aliphatic carbocycles. The Hall–Kier alpha value is -7.88. The van der Waals surface area contributed by atoms with E-state index in [1.165, 1.54) is 0 Å². The maximum atomic E-state index is 7.44. The number of hydrogen-bond donors (Lipinski definition) is 2. The van der Waals surface area contributed by atoms with Gasteiger partial charge in [-0.1, -0.05) is 117 Å². The van der Waals surface area contributed by atoms with Crippen LogP contribution in [-0.4, -0.2) is 33.6 Å². The van der Waals surface area contributed by atoms with Gasteiger partial charge in [-0.3, -0.25) is 0 Å². The molecule has 0 spiro atoms. The van der Waals surface area contributed by atoms with Gasteiger partial charge >= 0.3 is 0 Å². The highest BCUT2D eigenvalue weighted by Crippen LogP contribution is 2.50. The molecular weight excluding hydrogens is 763 g/mol. The molecule has 8 aromatic carbocycles. The number of nitrogens with zero attached hydrogens (tertiary/aromatic N) is 7. The third kappa shape index (κ3) is 8.04. The summed E-state index contributed by atoms with van der Waals surface area (Å²) >= 11 is 0. The Morgan fingerprint density at radius 2 is 0.855 bits per heavy atom. The maximum absolute atomic E-state index is 7.44. The van der Waals surface area contributed by atoms with Gasteiger partial charge in [0.25, 0.3) is 0 Å². The number of fused-ring (bicyclic) bond motifs is 1. The lowest BCUT2D eigenvalue weighted by Crippen LogP contribution is -2.18. The van der Waals surface area contributed by atoms with Crippen molar-refractivity contribution in [2.45, 2.75) is 13.8 Å². The molecule has 9 rings (SSSR count). The van der Waals surface area contributed by atoms with Gasteiger partial charge in [0.05, 0.1) is 5.69 Å². The Balaban J connectivity index is 1.23. The minimum absolute atomic E-state index is 0.369. The predicted octanol–water partition coefficient (Wildman–Crippen LogP) is 13.4. The third-order valence-electron chi connectivity index (χ3n) is 10.8. The van der Waals surface area contributed by atoms with Crippen LogP contribution in [0.15, 0.2) is 194 Å². The first-order valence-corrected chi connectivity index (χ1v) is 20.8. The van der Waals surface area contributed by atoms with E-state index >= 15 is 0 Å². The van der Waals surface area contributed by atoms with E-state index in [1.807, 2.05) is 60.6 Å². The highest BCUT2D eigenvalue weighted by molar-refractivity contribution is 6.13. The molecule has 0 saturated heterocycles. The van der Waals surface area contributed by atoms with Crippen molar-refractivity contribution >= 4 is 62.2 Å². The molecule has 306 valence electrons. The van der Waals surface area contributed by atoms with Crippen LogP contribution < -0.4 is 21.3 Å². The molecule has 0 aliphatic rings. The minimum atomic E-state index is 0.369. The van der Waals surface area contributed by atoms with Crippen molar-refractivity contribution < 1.29 is 0 Å². The van der Waals surface area contributed by atoms with Gasteiger partial charge in [0, 0.05) is 51.1 Å². The average molecular weight is 811 g/mol. The molecule has 1 aromatic heterocycles. The number of aromatic nitrogens is 3. The number of anilines is 8. The molecule has 0 aliphatic heterocycles. The van der Waals surface area contributed by atoms with Crippen LogP contribution in [0.2, 0.25) is 0 Å². The summed E-state index contributed by atoms with van der Waals surface area (Å²) in [5.74, 6) is 0.369. The van der Waals surface area contributed by atoms with Gasteiger partial charge in [-0.25, -0.2) is 0 Å². The predicted molar refractivity (Wildman–Crippen MR) is 258 cm³/mol. The number of benzene rings is 8. The maximum Gasteiger partial charge on any atom is 0.124 e. The average Bonchev–Trinajstić information content (AvgIpc) is 3.73. The van der Waals surface area contributed by atoms with E-state index in [-0.39, 0.29) is 0 Å². The van der Waals surface area contributed by atoms with Crippen molar-refractivity contribution in [3.8, 4) is 27.9 Å². The van der Waals surface area contributed by atoms with Gasteiger partial charge in [-0.15, -0.1) is 10.2 Å². The van der Waals surface area contributed by atoms with Crippen LogP contribution in [0, 0.1) is 5.92 Å². The van der Waals surface area contributed by atoms with E-state index in [9.17, 15) is 0 Å². The monoisotopic (exact) mass is 810 g/mol. The quantitative estimate of drug-likeness (QED) is 0.0882. The van der Waals surface area contributed by atoms with Gasteiger partial charge in [0.15, 0.2) is 0 Å². The van der Waals surface area contributed by atoms with Gasteiger partial charge in [-0.2, -0.15) is 4.80 Å². The summed E-state index contributed by atoms with van der Waals surface area (Å²) in [7, 11) is 2.00. The van der Waals surface area contributed by atoms with Gasteiger partial charge in [-0.05, 0) is 133 Å². The first-order valence-electron chi connectivity index (χ1n) is 20.8. The van der Waals surface area contributed by atoms with E-state index in [2.05, 4.69) is 169 Å². The summed E-state index contributed by atoms with van der Waals surface area (Å²) in [5.41, 5.74) is 32.4. The van der Waals surface area contributed by atoms with Crippen LogP contribution in [0.1, 0.15) is 13.8 Å². The van der Waals surface area contributed by atoms with Crippen LogP contribution >= 0.6 is 0 Å². The molecule has 0 amide bonds. The Morgan fingerprint density at radius 1 is 0.484 bits per heavy atom. The fourth-order valence-electron chi connectivity index (χ4n) is 8.03. The molecule has 0 bridgehead atoms. The summed E-state index contributed by atoms with van der Waals surface area (Å²) < 4.78 is 0. The van der Waals surface area contributed by atoms with Gasteiger partial charge in [0.2, 0.25) is 0 Å². The molecule has 0 saturated carbocycles. The lowest BCUT2D eigenvalue weighted by atomic mass is 9.93.